The third-order valence-corrected chi connectivity index (χ3v) is 6.97. The summed E-state index contributed by atoms with van der Waals surface area (Å²) in [5.74, 6) is 0. The van der Waals surface area contributed by atoms with Gasteiger partial charge in [-0.2, -0.15) is 31.6 Å². The smallest absolute Gasteiger partial charge is 0.134 e. The first-order chi connectivity index (χ1) is 17.4. The third-order valence-electron chi connectivity index (χ3n) is 6.97. The molecule has 2 rings (SSSR count). The van der Waals surface area contributed by atoms with Crippen LogP contribution in [0.4, 0.5) is 0 Å². The van der Waals surface area contributed by atoms with Crippen LogP contribution in [0, 0.1) is 78.8 Å². The van der Waals surface area contributed by atoms with Gasteiger partial charge in [0, 0.05) is 49.7 Å². The minimum Gasteiger partial charge on any atom is -0.377 e. The normalized spacial score (nSPS) is 17.8. The molecule has 0 atom stereocenters. The number of nitrogens with zero attached hydrogens (tertiary/aromatic N) is 8. The van der Waals surface area contributed by atoms with Crippen molar-refractivity contribution in [3.8, 4) is 36.4 Å². The molecule has 0 unspecified atom stereocenters. The molecule has 0 aliphatic heterocycles. The standard InChI is InChI=1S/C29H32N8/c1-28(2)10-22(20(14-30)15-31)24(18-34)26(12-28)36(5)8-7-9-37(6)27-13-29(3,4)11-23(25(27)19-35)21(16-32)17-33/h7-13H2,1-6H3. The summed E-state index contributed by atoms with van der Waals surface area (Å²) in [5, 5.41) is 57.5. The molecular weight excluding hydrogens is 460 g/mol. The molecule has 188 valence electrons. The van der Waals surface area contributed by atoms with Gasteiger partial charge in [-0.05, 0) is 42.9 Å². The van der Waals surface area contributed by atoms with Gasteiger partial charge >= 0.3 is 0 Å². The van der Waals surface area contributed by atoms with Crippen molar-refractivity contribution < 1.29 is 0 Å². The van der Waals surface area contributed by atoms with E-state index in [-0.39, 0.29) is 22.0 Å². The Morgan fingerprint density at radius 2 is 0.946 bits per heavy atom. The second kappa shape index (κ2) is 11.5. The van der Waals surface area contributed by atoms with E-state index >= 15 is 0 Å². The lowest BCUT2D eigenvalue weighted by atomic mass is 9.72. The van der Waals surface area contributed by atoms with Crippen molar-refractivity contribution in [3.05, 3.63) is 44.8 Å². The molecule has 0 amide bonds. The summed E-state index contributed by atoms with van der Waals surface area (Å²) in [6.07, 6.45) is 3.04. The summed E-state index contributed by atoms with van der Waals surface area (Å²) in [4.78, 5) is 4.05. The van der Waals surface area contributed by atoms with Gasteiger partial charge in [0.05, 0.1) is 11.1 Å². The van der Waals surface area contributed by atoms with Crippen molar-refractivity contribution in [2.75, 3.05) is 27.2 Å². The van der Waals surface area contributed by atoms with Crippen LogP contribution in [0.3, 0.4) is 0 Å². The molecule has 8 heteroatoms. The van der Waals surface area contributed by atoms with E-state index in [2.05, 4.69) is 39.8 Å². The fraction of sp³-hybridized carbons (Fsp3) is 0.517. The second-order valence-electron chi connectivity index (χ2n) is 11.3. The average Bonchev–Trinajstić information content (AvgIpc) is 2.83. The molecule has 0 heterocycles. The van der Waals surface area contributed by atoms with Crippen molar-refractivity contribution in [1.82, 2.24) is 9.80 Å². The fourth-order valence-corrected chi connectivity index (χ4v) is 5.17. The van der Waals surface area contributed by atoms with Crippen LogP contribution in [0.15, 0.2) is 44.8 Å². The summed E-state index contributed by atoms with van der Waals surface area (Å²) in [6, 6.07) is 12.3. The van der Waals surface area contributed by atoms with E-state index in [1.807, 2.05) is 48.2 Å². The maximum atomic E-state index is 9.91. The molecule has 0 saturated heterocycles. The van der Waals surface area contributed by atoms with E-state index < -0.39 is 0 Å². The van der Waals surface area contributed by atoms with Crippen molar-refractivity contribution in [2.45, 2.75) is 59.8 Å². The van der Waals surface area contributed by atoms with Crippen LogP contribution in [0.2, 0.25) is 0 Å². The predicted octanol–water partition coefficient (Wildman–Crippen LogP) is 5.12. The van der Waals surface area contributed by atoms with Gasteiger partial charge in [-0.1, -0.05) is 27.7 Å². The van der Waals surface area contributed by atoms with Gasteiger partial charge in [0.2, 0.25) is 0 Å². The number of allylic oxidation sites excluding steroid dienone is 8. The van der Waals surface area contributed by atoms with Gasteiger partial charge in [-0.25, -0.2) is 0 Å². The highest BCUT2D eigenvalue weighted by Gasteiger charge is 2.35. The van der Waals surface area contributed by atoms with Crippen molar-refractivity contribution in [3.63, 3.8) is 0 Å². The number of nitriles is 6. The molecule has 0 spiro atoms. The first kappa shape index (κ1) is 28.7. The molecule has 37 heavy (non-hydrogen) atoms. The van der Waals surface area contributed by atoms with Crippen LogP contribution in [-0.4, -0.2) is 37.0 Å². The van der Waals surface area contributed by atoms with Gasteiger partial charge < -0.3 is 9.80 Å². The SMILES string of the molecule is CN(CCCN(C)C1=C(C#N)C(=C(C#N)C#N)CC(C)(C)C1)C1=C(C#N)C(=C(C#N)C#N)CC(C)(C)C1. The Balaban J connectivity index is 2.33. The van der Waals surface area contributed by atoms with E-state index in [4.69, 9.17) is 0 Å². The quantitative estimate of drug-likeness (QED) is 0.463. The molecule has 0 radical (unpaired) electrons. The Morgan fingerprint density at radius 1 is 0.622 bits per heavy atom. The first-order valence-electron chi connectivity index (χ1n) is 12.1. The van der Waals surface area contributed by atoms with Crippen LogP contribution in [0.1, 0.15) is 59.8 Å². The fourth-order valence-electron chi connectivity index (χ4n) is 5.17. The van der Waals surface area contributed by atoms with Crippen LogP contribution in [0.25, 0.3) is 0 Å². The predicted molar refractivity (Wildman–Crippen MR) is 138 cm³/mol. The topological polar surface area (TPSA) is 149 Å². The van der Waals surface area contributed by atoms with Gasteiger partial charge in [0.15, 0.2) is 0 Å². The molecule has 0 fully saturated rings. The van der Waals surface area contributed by atoms with E-state index in [1.54, 1.807) is 0 Å². The van der Waals surface area contributed by atoms with Crippen molar-refractivity contribution in [1.29, 1.82) is 31.6 Å². The Labute approximate surface area is 220 Å². The zero-order valence-electron chi connectivity index (χ0n) is 22.5. The van der Waals surface area contributed by atoms with Gasteiger partial charge in [0.25, 0.3) is 0 Å². The Hall–Kier alpha value is -4.50. The minimum atomic E-state index is -0.197. The number of rotatable bonds is 6. The van der Waals surface area contributed by atoms with Crippen molar-refractivity contribution in [2.24, 2.45) is 10.8 Å². The minimum absolute atomic E-state index is 0.0104. The van der Waals surface area contributed by atoms with Crippen molar-refractivity contribution >= 4 is 0 Å². The zero-order valence-corrected chi connectivity index (χ0v) is 22.5. The molecule has 0 N–H and O–H groups in total. The Morgan fingerprint density at radius 3 is 1.22 bits per heavy atom. The average molecular weight is 493 g/mol. The van der Waals surface area contributed by atoms with Crippen LogP contribution in [0.5, 0.6) is 0 Å². The van der Waals surface area contributed by atoms with E-state index in [0.29, 0.717) is 61.1 Å². The highest BCUT2D eigenvalue weighted by atomic mass is 15.1. The molecule has 0 saturated carbocycles. The largest absolute Gasteiger partial charge is 0.377 e. The molecule has 0 bridgehead atoms. The maximum Gasteiger partial charge on any atom is 0.134 e. The van der Waals surface area contributed by atoms with Gasteiger partial charge in [0.1, 0.15) is 47.6 Å². The highest BCUT2D eigenvalue weighted by molar-refractivity contribution is 5.58. The number of hydrogen-bond donors (Lipinski definition) is 0. The van der Waals surface area contributed by atoms with E-state index in [1.165, 1.54) is 0 Å². The summed E-state index contributed by atoms with van der Waals surface area (Å²) in [5.41, 5.74) is 3.09. The highest BCUT2D eigenvalue weighted by Crippen LogP contribution is 2.45. The van der Waals surface area contributed by atoms with E-state index in [0.717, 1.165) is 17.8 Å². The lowest BCUT2D eigenvalue weighted by Crippen LogP contribution is -2.33. The Kier molecular flexibility index (Phi) is 8.92. The van der Waals surface area contributed by atoms with Crippen LogP contribution in [-0.2, 0) is 0 Å². The molecule has 8 nitrogen and oxygen atoms in total. The van der Waals surface area contributed by atoms with Gasteiger partial charge in [-0.15, -0.1) is 0 Å². The Bertz CT molecular complexity index is 1200. The molecule has 0 aromatic carbocycles. The monoisotopic (exact) mass is 492 g/mol. The van der Waals surface area contributed by atoms with Crippen LogP contribution >= 0.6 is 0 Å². The molecular formula is C29H32N8. The third kappa shape index (κ3) is 6.39. The molecule has 0 aromatic heterocycles. The molecule has 2 aliphatic carbocycles. The summed E-state index contributed by atoms with van der Waals surface area (Å²) in [6.45, 7) is 9.53. The van der Waals surface area contributed by atoms with Crippen LogP contribution < -0.4 is 0 Å². The number of hydrogen-bond acceptors (Lipinski definition) is 8. The second-order valence-corrected chi connectivity index (χ2v) is 11.3. The summed E-state index contributed by atoms with van der Waals surface area (Å²) in [7, 11) is 3.83. The summed E-state index contributed by atoms with van der Waals surface area (Å²) < 4.78 is 0. The maximum absolute atomic E-state index is 9.91. The molecule has 2 aliphatic rings. The lowest BCUT2D eigenvalue weighted by Gasteiger charge is -2.38. The lowest BCUT2D eigenvalue weighted by molar-refractivity contribution is 0.262. The summed E-state index contributed by atoms with van der Waals surface area (Å²) >= 11 is 0. The first-order valence-corrected chi connectivity index (χ1v) is 12.1. The van der Waals surface area contributed by atoms with E-state index in [9.17, 15) is 31.6 Å². The molecule has 0 aromatic rings. The van der Waals surface area contributed by atoms with Gasteiger partial charge in [-0.3, -0.25) is 0 Å². The zero-order chi connectivity index (χ0) is 28.0.